The first kappa shape index (κ1) is 17.6. The van der Waals surface area contributed by atoms with Gasteiger partial charge in [-0.15, -0.1) is 0 Å². The molecular formula is C25H22GeO. The Bertz CT molecular complexity index is 901. The van der Waals surface area contributed by atoms with Crippen molar-refractivity contribution in [3.05, 3.63) is 115 Å². The summed E-state index contributed by atoms with van der Waals surface area (Å²) in [5, 5.41) is 0. The van der Waals surface area contributed by atoms with Gasteiger partial charge >= 0.3 is 164 Å². The van der Waals surface area contributed by atoms with Crippen molar-refractivity contribution in [2.45, 2.75) is 0 Å². The zero-order chi connectivity index (χ0) is 18.5. The van der Waals surface area contributed by atoms with Gasteiger partial charge in [0.15, 0.2) is 0 Å². The van der Waals surface area contributed by atoms with Crippen LogP contribution in [-0.2, 0) is 0 Å². The average Bonchev–Trinajstić information content (AvgIpc) is 2.77. The molecule has 0 heterocycles. The number of rotatable bonds is 5. The van der Waals surface area contributed by atoms with Gasteiger partial charge in [0, 0.05) is 0 Å². The molecule has 4 aromatic rings. The van der Waals surface area contributed by atoms with Gasteiger partial charge in [-0.1, -0.05) is 0 Å². The van der Waals surface area contributed by atoms with Crippen molar-refractivity contribution >= 4 is 30.8 Å². The van der Waals surface area contributed by atoms with E-state index in [-0.39, 0.29) is 0 Å². The van der Waals surface area contributed by atoms with Crippen molar-refractivity contribution in [2.24, 2.45) is 0 Å². The maximum absolute atomic E-state index is 5.59. The standard InChI is InChI=1S/C25H22GeO/c1-27-25-19-11-18-24(20-25)26(21-12-5-2-6-13-21,22-14-7-3-8-15-22)23-16-9-4-10-17-23/h2-20H,1H3. The monoisotopic (exact) mass is 412 g/mol. The molecule has 0 aliphatic heterocycles. The van der Waals surface area contributed by atoms with Gasteiger partial charge in [-0.2, -0.15) is 0 Å². The zero-order valence-corrected chi connectivity index (χ0v) is 17.5. The van der Waals surface area contributed by atoms with Gasteiger partial charge in [0.2, 0.25) is 0 Å². The van der Waals surface area contributed by atoms with E-state index in [1.807, 2.05) is 6.07 Å². The van der Waals surface area contributed by atoms with Gasteiger partial charge < -0.3 is 0 Å². The molecule has 0 N–H and O–H groups in total. The Morgan fingerprint density at radius 1 is 0.481 bits per heavy atom. The fourth-order valence-electron chi connectivity index (χ4n) is 3.92. The van der Waals surface area contributed by atoms with E-state index in [0.717, 1.165) is 5.75 Å². The summed E-state index contributed by atoms with van der Waals surface area (Å²) in [5.41, 5.74) is 0. The molecule has 0 bridgehead atoms. The van der Waals surface area contributed by atoms with Crippen molar-refractivity contribution in [1.82, 2.24) is 0 Å². The van der Waals surface area contributed by atoms with E-state index in [0.29, 0.717) is 0 Å². The number of hydrogen-bond acceptors (Lipinski definition) is 1. The van der Waals surface area contributed by atoms with Crippen LogP contribution in [0.3, 0.4) is 0 Å². The van der Waals surface area contributed by atoms with Crippen LogP contribution in [0.25, 0.3) is 0 Å². The van der Waals surface area contributed by atoms with Crippen molar-refractivity contribution in [2.75, 3.05) is 7.11 Å². The molecule has 0 saturated carbocycles. The van der Waals surface area contributed by atoms with Crippen LogP contribution in [0.15, 0.2) is 115 Å². The van der Waals surface area contributed by atoms with Crippen molar-refractivity contribution in [1.29, 1.82) is 0 Å². The molecule has 132 valence electrons. The summed E-state index contributed by atoms with van der Waals surface area (Å²) in [5.74, 6) is 0.908. The predicted octanol–water partition coefficient (Wildman–Crippen LogP) is 3.07. The summed E-state index contributed by atoms with van der Waals surface area (Å²) in [6.07, 6.45) is 0. The number of ether oxygens (including phenoxy) is 1. The first-order valence-corrected chi connectivity index (χ1v) is 13.4. The van der Waals surface area contributed by atoms with Crippen LogP contribution in [-0.4, -0.2) is 20.4 Å². The second-order valence-electron chi connectivity index (χ2n) is 6.58. The van der Waals surface area contributed by atoms with E-state index >= 15 is 0 Å². The number of benzene rings is 4. The molecule has 0 spiro atoms. The normalized spacial score (nSPS) is 11.1. The minimum atomic E-state index is -3.13. The van der Waals surface area contributed by atoms with E-state index in [1.165, 1.54) is 17.6 Å². The topological polar surface area (TPSA) is 9.23 Å². The van der Waals surface area contributed by atoms with E-state index < -0.39 is 13.3 Å². The summed E-state index contributed by atoms with van der Waals surface area (Å²) in [4.78, 5) is 0. The molecule has 0 unspecified atom stereocenters. The molecule has 27 heavy (non-hydrogen) atoms. The Balaban J connectivity index is 2.12. The van der Waals surface area contributed by atoms with Crippen LogP contribution in [0, 0.1) is 0 Å². The van der Waals surface area contributed by atoms with Crippen LogP contribution in [0.2, 0.25) is 0 Å². The van der Waals surface area contributed by atoms with E-state index in [2.05, 4.69) is 109 Å². The molecule has 0 fully saturated rings. The number of hydrogen-bond donors (Lipinski definition) is 0. The molecule has 0 aliphatic carbocycles. The molecule has 0 aliphatic rings. The molecule has 0 amide bonds. The first-order chi connectivity index (χ1) is 13.4. The molecule has 4 rings (SSSR count). The molecule has 0 atom stereocenters. The average molecular weight is 411 g/mol. The quantitative estimate of drug-likeness (QED) is 0.459. The third kappa shape index (κ3) is 3.19. The van der Waals surface area contributed by atoms with E-state index in [1.54, 1.807) is 7.11 Å². The van der Waals surface area contributed by atoms with Crippen molar-refractivity contribution < 1.29 is 4.74 Å². The summed E-state index contributed by atoms with van der Waals surface area (Å²) in [7, 11) is 1.74. The predicted molar refractivity (Wildman–Crippen MR) is 117 cm³/mol. The van der Waals surface area contributed by atoms with Gasteiger partial charge in [0.1, 0.15) is 0 Å². The Kier molecular flexibility index (Phi) is 5.13. The van der Waals surface area contributed by atoms with Gasteiger partial charge in [-0.25, -0.2) is 0 Å². The van der Waals surface area contributed by atoms with Gasteiger partial charge in [0.05, 0.1) is 0 Å². The van der Waals surface area contributed by atoms with Crippen LogP contribution >= 0.6 is 0 Å². The molecule has 0 radical (unpaired) electrons. The third-order valence-corrected chi connectivity index (χ3v) is 15.1. The van der Waals surface area contributed by atoms with E-state index in [4.69, 9.17) is 4.74 Å². The third-order valence-electron chi connectivity index (χ3n) is 5.12. The maximum atomic E-state index is 5.59. The van der Waals surface area contributed by atoms with E-state index in [9.17, 15) is 0 Å². The second kappa shape index (κ2) is 7.85. The van der Waals surface area contributed by atoms with Crippen LogP contribution in [0.5, 0.6) is 5.75 Å². The molecule has 1 nitrogen and oxygen atoms in total. The summed E-state index contributed by atoms with van der Waals surface area (Å²) in [6.45, 7) is 0. The summed E-state index contributed by atoms with van der Waals surface area (Å²) < 4.78 is 11.2. The molecule has 0 saturated heterocycles. The van der Waals surface area contributed by atoms with Gasteiger partial charge in [-0.3, -0.25) is 0 Å². The van der Waals surface area contributed by atoms with Gasteiger partial charge in [0.25, 0.3) is 0 Å². The fourth-order valence-corrected chi connectivity index (χ4v) is 14.0. The first-order valence-electron chi connectivity index (χ1n) is 9.17. The molecule has 0 aromatic heterocycles. The SMILES string of the molecule is COc1ccc[c]([Ge]([c]2ccccc2)([c]2ccccc2)[c]2ccccc2)c1. The van der Waals surface area contributed by atoms with Crippen LogP contribution < -0.4 is 22.3 Å². The Hall–Kier alpha value is -2.78. The van der Waals surface area contributed by atoms with Crippen LogP contribution in [0.1, 0.15) is 0 Å². The molecular weight excluding hydrogens is 389 g/mol. The molecule has 2 heteroatoms. The Morgan fingerprint density at radius 3 is 1.30 bits per heavy atom. The van der Waals surface area contributed by atoms with Crippen molar-refractivity contribution in [3.63, 3.8) is 0 Å². The zero-order valence-electron chi connectivity index (χ0n) is 15.4. The van der Waals surface area contributed by atoms with Crippen LogP contribution in [0.4, 0.5) is 0 Å². The number of methoxy groups -OCH3 is 1. The molecule has 4 aromatic carbocycles. The Morgan fingerprint density at radius 2 is 0.889 bits per heavy atom. The summed E-state index contributed by atoms with van der Waals surface area (Å²) in [6, 6.07) is 41.6. The second-order valence-corrected chi connectivity index (χ2v) is 14.6. The van der Waals surface area contributed by atoms with Crippen molar-refractivity contribution in [3.8, 4) is 5.75 Å². The fraction of sp³-hybridized carbons (Fsp3) is 0.0400. The van der Waals surface area contributed by atoms with Gasteiger partial charge in [-0.05, 0) is 0 Å². The minimum absolute atomic E-state index is 0.908. The Labute approximate surface area is 163 Å². The summed E-state index contributed by atoms with van der Waals surface area (Å²) >= 11 is -3.13.